The molecule has 0 aromatic heterocycles. The van der Waals surface area contributed by atoms with E-state index < -0.39 is 36.6 Å². The number of nitrogens with zero attached hydrogens (tertiary/aromatic N) is 1. The predicted octanol–water partition coefficient (Wildman–Crippen LogP) is 3.17. The third kappa shape index (κ3) is 3.78. The minimum absolute atomic E-state index is 0.000133. The van der Waals surface area contributed by atoms with E-state index in [1.807, 2.05) is 30.3 Å². The highest BCUT2D eigenvalue weighted by atomic mass is 19.4. The summed E-state index contributed by atoms with van der Waals surface area (Å²) in [6, 6.07) is 8.53. The Balaban J connectivity index is 2.06. The third-order valence-electron chi connectivity index (χ3n) is 3.58. The number of halogens is 3. The van der Waals surface area contributed by atoms with Crippen LogP contribution in [0.25, 0.3) is 0 Å². The molecule has 0 N–H and O–H groups in total. The second kappa shape index (κ2) is 6.37. The van der Waals surface area contributed by atoms with Crippen molar-refractivity contribution in [2.24, 2.45) is 5.92 Å². The predicted molar refractivity (Wildman–Crippen MR) is 72.0 cm³/mol. The van der Waals surface area contributed by atoms with Crippen LogP contribution in [0.5, 0.6) is 0 Å². The van der Waals surface area contributed by atoms with Crippen LogP contribution in [0.1, 0.15) is 18.9 Å². The van der Waals surface area contributed by atoms with Crippen molar-refractivity contribution in [3.63, 3.8) is 0 Å². The van der Waals surface area contributed by atoms with Gasteiger partial charge >= 0.3 is 12.3 Å². The summed E-state index contributed by atoms with van der Waals surface area (Å²) in [5.74, 6) is -2.65. The molecule has 0 aliphatic carbocycles. The van der Waals surface area contributed by atoms with Crippen molar-refractivity contribution in [3.05, 3.63) is 35.9 Å². The zero-order valence-corrected chi connectivity index (χ0v) is 12.0. The van der Waals surface area contributed by atoms with Crippen LogP contribution in [0.4, 0.5) is 18.0 Å². The third-order valence-corrected chi connectivity index (χ3v) is 3.58. The second-order valence-corrected chi connectivity index (χ2v) is 5.33. The van der Waals surface area contributed by atoms with E-state index in [1.165, 1.54) is 0 Å². The van der Waals surface area contributed by atoms with Gasteiger partial charge in [0.15, 0.2) is 0 Å². The average Bonchev–Trinajstić information content (AvgIpc) is 2.79. The van der Waals surface area contributed by atoms with Gasteiger partial charge in [-0.3, -0.25) is 4.79 Å². The quantitative estimate of drug-likeness (QED) is 0.857. The van der Waals surface area contributed by atoms with Crippen LogP contribution in [-0.4, -0.2) is 35.7 Å². The Labute approximate surface area is 125 Å². The highest BCUT2D eigenvalue weighted by Gasteiger charge is 2.42. The summed E-state index contributed by atoms with van der Waals surface area (Å²) in [6.07, 6.45) is -5.74. The molecule has 7 heteroatoms. The average molecular weight is 315 g/mol. The van der Waals surface area contributed by atoms with E-state index in [4.69, 9.17) is 4.74 Å². The summed E-state index contributed by atoms with van der Waals surface area (Å²) in [5.41, 5.74) is 0.882. The largest absolute Gasteiger partial charge is 0.447 e. The highest BCUT2D eigenvalue weighted by Crippen LogP contribution is 2.30. The normalized spacial score (nSPS) is 19.9. The number of imide groups is 1. The van der Waals surface area contributed by atoms with Gasteiger partial charge in [0, 0.05) is 6.42 Å². The lowest BCUT2D eigenvalue weighted by atomic mass is 10.0. The number of carbonyl (C=O) groups is 2. The van der Waals surface area contributed by atoms with Crippen LogP contribution in [0.2, 0.25) is 0 Å². The van der Waals surface area contributed by atoms with E-state index in [0.717, 1.165) is 17.4 Å². The molecule has 120 valence electrons. The first-order chi connectivity index (χ1) is 10.3. The molecule has 2 amide bonds. The molecule has 0 bridgehead atoms. The lowest BCUT2D eigenvalue weighted by Crippen LogP contribution is -2.41. The van der Waals surface area contributed by atoms with E-state index in [0.29, 0.717) is 6.42 Å². The first-order valence-electron chi connectivity index (χ1n) is 6.88. The molecule has 22 heavy (non-hydrogen) atoms. The minimum atomic E-state index is -4.46. The maximum absolute atomic E-state index is 12.6. The molecule has 2 atom stereocenters. The smallest absolute Gasteiger partial charge is 0.416 e. The molecule has 1 aliphatic heterocycles. The number of ether oxygens (including phenoxy) is 1. The van der Waals surface area contributed by atoms with Crippen molar-refractivity contribution in [2.75, 3.05) is 6.61 Å². The monoisotopic (exact) mass is 315 g/mol. The van der Waals surface area contributed by atoms with Crippen molar-refractivity contribution in [1.29, 1.82) is 0 Å². The van der Waals surface area contributed by atoms with Crippen molar-refractivity contribution < 1.29 is 27.5 Å². The molecule has 2 rings (SSSR count). The molecule has 1 aromatic carbocycles. The molecular formula is C15H16F3NO3. The Morgan fingerprint density at radius 2 is 2.00 bits per heavy atom. The molecule has 1 fully saturated rings. The molecule has 0 radical (unpaired) electrons. The number of carbonyl (C=O) groups excluding carboxylic acids is 2. The van der Waals surface area contributed by atoms with Gasteiger partial charge < -0.3 is 4.74 Å². The first-order valence-corrected chi connectivity index (χ1v) is 6.88. The van der Waals surface area contributed by atoms with Gasteiger partial charge in [0.2, 0.25) is 5.91 Å². The topological polar surface area (TPSA) is 46.6 Å². The van der Waals surface area contributed by atoms with Crippen LogP contribution >= 0.6 is 0 Å². The van der Waals surface area contributed by atoms with E-state index >= 15 is 0 Å². The van der Waals surface area contributed by atoms with E-state index in [-0.39, 0.29) is 6.61 Å². The van der Waals surface area contributed by atoms with Crippen molar-refractivity contribution in [3.8, 4) is 0 Å². The molecular weight excluding hydrogens is 299 g/mol. The summed E-state index contributed by atoms with van der Waals surface area (Å²) in [4.78, 5) is 24.5. The van der Waals surface area contributed by atoms with Gasteiger partial charge in [-0.2, -0.15) is 13.2 Å². The Hall–Kier alpha value is -2.05. The number of amides is 2. The van der Waals surface area contributed by atoms with Gasteiger partial charge in [0.25, 0.3) is 0 Å². The van der Waals surface area contributed by atoms with E-state index in [1.54, 1.807) is 0 Å². The first kappa shape index (κ1) is 16.3. The van der Waals surface area contributed by atoms with Crippen LogP contribution in [0.3, 0.4) is 0 Å². The molecule has 1 aromatic rings. The summed E-state index contributed by atoms with van der Waals surface area (Å²) >= 11 is 0. The Morgan fingerprint density at radius 1 is 1.36 bits per heavy atom. The van der Waals surface area contributed by atoms with Crippen molar-refractivity contribution in [1.82, 2.24) is 4.90 Å². The minimum Gasteiger partial charge on any atom is -0.447 e. The molecule has 1 heterocycles. The molecule has 1 saturated heterocycles. The van der Waals surface area contributed by atoms with Gasteiger partial charge in [-0.25, -0.2) is 9.69 Å². The summed E-state index contributed by atoms with van der Waals surface area (Å²) in [6.45, 7) is 0.922. The van der Waals surface area contributed by atoms with Gasteiger partial charge in [0.05, 0.1) is 12.0 Å². The van der Waals surface area contributed by atoms with Crippen LogP contribution in [-0.2, 0) is 16.0 Å². The second-order valence-electron chi connectivity index (χ2n) is 5.33. The van der Waals surface area contributed by atoms with Gasteiger partial charge in [-0.15, -0.1) is 0 Å². The fraction of sp³-hybridized carbons (Fsp3) is 0.467. The number of rotatable bonds is 4. The number of alkyl halides is 3. The summed E-state index contributed by atoms with van der Waals surface area (Å²) < 4.78 is 42.5. The van der Waals surface area contributed by atoms with Crippen LogP contribution in [0, 0.1) is 5.92 Å². The maximum atomic E-state index is 12.6. The molecule has 0 saturated carbocycles. The Bertz CT molecular complexity index is 545. The number of cyclic esters (lactones) is 1. The molecule has 1 aliphatic rings. The standard InChI is InChI=1S/C15H16F3NO3/c1-10(15(16,17)18)7-13(20)19-12(9-22-14(19)21)8-11-5-3-2-4-6-11/h2-6,10,12H,7-9H2,1H3/t10?,12-/m0/s1. The van der Waals surface area contributed by atoms with Gasteiger partial charge in [-0.1, -0.05) is 37.3 Å². The van der Waals surface area contributed by atoms with Crippen molar-refractivity contribution >= 4 is 12.0 Å². The zero-order valence-electron chi connectivity index (χ0n) is 12.0. The number of hydrogen-bond donors (Lipinski definition) is 0. The number of hydrogen-bond acceptors (Lipinski definition) is 3. The number of benzene rings is 1. The Morgan fingerprint density at radius 3 is 2.59 bits per heavy atom. The van der Waals surface area contributed by atoms with Gasteiger partial charge in [0.1, 0.15) is 6.61 Å². The molecule has 0 spiro atoms. The maximum Gasteiger partial charge on any atom is 0.416 e. The van der Waals surface area contributed by atoms with E-state index in [2.05, 4.69) is 0 Å². The zero-order chi connectivity index (χ0) is 16.3. The summed E-state index contributed by atoms with van der Waals surface area (Å²) in [7, 11) is 0. The van der Waals surface area contributed by atoms with Crippen molar-refractivity contribution in [2.45, 2.75) is 32.0 Å². The fourth-order valence-electron chi connectivity index (χ4n) is 2.28. The van der Waals surface area contributed by atoms with E-state index in [9.17, 15) is 22.8 Å². The molecule has 4 nitrogen and oxygen atoms in total. The van der Waals surface area contributed by atoms with Crippen LogP contribution < -0.4 is 0 Å². The molecule has 1 unspecified atom stereocenters. The lowest BCUT2D eigenvalue weighted by Gasteiger charge is -2.22. The van der Waals surface area contributed by atoms with Crippen LogP contribution in [0.15, 0.2) is 30.3 Å². The SMILES string of the molecule is CC(CC(=O)N1C(=O)OC[C@@H]1Cc1ccccc1)C(F)(F)F. The Kier molecular flexibility index (Phi) is 4.73. The lowest BCUT2D eigenvalue weighted by molar-refractivity contribution is -0.176. The summed E-state index contributed by atoms with van der Waals surface area (Å²) in [5, 5.41) is 0. The van der Waals surface area contributed by atoms with Gasteiger partial charge in [-0.05, 0) is 12.0 Å². The highest BCUT2D eigenvalue weighted by molar-refractivity contribution is 5.93. The fourth-order valence-corrected chi connectivity index (χ4v) is 2.28.